The lowest BCUT2D eigenvalue weighted by Gasteiger charge is -2.29. The molecule has 3 aliphatic heterocycles. The molecule has 188 valence electrons. The van der Waals surface area contributed by atoms with Crippen LogP contribution >= 0.6 is 11.6 Å². The van der Waals surface area contributed by atoms with Crippen LogP contribution in [0, 0.1) is 11.8 Å². The number of nitrogens with zero attached hydrogens (tertiary/aromatic N) is 1. The van der Waals surface area contributed by atoms with Crippen molar-refractivity contribution < 1.29 is 28.7 Å². The molecular formula is C25H25ClN4O6. The average Bonchev–Trinajstić information content (AvgIpc) is 3.41. The summed E-state index contributed by atoms with van der Waals surface area (Å²) in [4.78, 5) is 53.7. The molecule has 10 nitrogen and oxygen atoms in total. The number of carbonyl (C=O) groups is 4. The fraction of sp³-hybridized carbons (Fsp3) is 0.360. The number of halogens is 1. The molecule has 3 heterocycles. The summed E-state index contributed by atoms with van der Waals surface area (Å²) in [6, 6.07) is 9.46. The van der Waals surface area contributed by atoms with Gasteiger partial charge in [-0.25, -0.2) is 0 Å². The number of ether oxygens (including phenoxy) is 2. The molecule has 5 rings (SSSR count). The number of anilines is 1. The Hall–Kier alpha value is -3.63. The third-order valence-electron chi connectivity index (χ3n) is 7.26. The van der Waals surface area contributed by atoms with Crippen LogP contribution in [0.4, 0.5) is 5.69 Å². The van der Waals surface area contributed by atoms with Crippen LogP contribution in [0.3, 0.4) is 0 Å². The predicted octanol–water partition coefficient (Wildman–Crippen LogP) is 1.20. The molecular weight excluding hydrogens is 488 g/mol. The van der Waals surface area contributed by atoms with Gasteiger partial charge in [-0.2, -0.15) is 0 Å². The minimum Gasteiger partial charge on any atom is -0.493 e. The first-order valence-electron chi connectivity index (χ1n) is 11.4. The maximum atomic E-state index is 13.8. The Kier molecular flexibility index (Phi) is 5.88. The molecule has 4 amide bonds. The van der Waals surface area contributed by atoms with E-state index in [1.807, 2.05) is 6.07 Å². The van der Waals surface area contributed by atoms with Gasteiger partial charge in [0.25, 0.3) is 0 Å². The van der Waals surface area contributed by atoms with E-state index < -0.39 is 47.0 Å². The van der Waals surface area contributed by atoms with Crippen molar-refractivity contribution >= 4 is 40.9 Å². The first-order valence-corrected chi connectivity index (χ1v) is 11.8. The van der Waals surface area contributed by atoms with E-state index >= 15 is 0 Å². The van der Waals surface area contributed by atoms with E-state index in [9.17, 15) is 19.2 Å². The molecule has 4 N–H and O–H groups in total. The normalized spacial score (nSPS) is 26.2. The number of hydrogen-bond donors (Lipinski definition) is 3. The van der Waals surface area contributed by atoms with Crippen LogP contribution in [-0.4, -0.2) is 55.3 Å². The Morgan fingerprint density at radius 2 is 1.83 bits per heavy atom. The molecule has 0 aliphatic carbocycles. The van der Waals surface area contributed by atoms with Gasteiger partial charge in [0.2, 0.25) is 23.6 Å². The van der Waals surface area contributed by atoms with E-state index in [1.165, 1.54) is 19.1 Å². The summed E-state index contributed by atoms with van der Waals surface area (Å²) < 4.78 is 10.6. The van der Waals surface area contributed by atoms with Crippen molar-refractivity contribution in [2.75, 3.05) is 26.1 Å². The van der Waals surface area contributed by atoms with Crippen LogP contribution in [0.25, 0.3) is 0 Å². The molecule has 4 atom stereocenters. The summed E-state index contributed by atoms with van der Waals surface area (Å²) in [6.45, 7) is 0.101. The van der Waals surface area contributed by atoms with E-state index in [1.54, 1.807) is 30.3 Å². The van der Waals surface area contributed by atoms with Gasteiger partial charge in [0.1, 0.15) is 5.54 Å². The molecule has 0 saturated carbocycles. The van der Waals surface area contributed by atoms with Gasteiger partial charge in [-0.05, 0) is 42.3 Å². The molecule has 3 aliphatic rings. The van der Waals surface area contributed by atoms with Crippen LogP contribution in [-0.2, 0) is 31.1 Å². The van der Waals surface area contributed by atoms with Gasteiger partial charge in [0.15, 0.2) is 11.5 Å². The summed E-state index contributed by atoms with van der Waals surface area (Å²) in [6.07, 6.45) is 0.168. The highest BCUT2D eigenvalue weighted by Crippen LogP contribution is 2.53. The number of rotatable bonds is 7. The molecule has 2 saturated heterocycles. The summed E-state index contributed by atoms with van der Waals surface area (Å²) in [7, 11) is 3.06. The van der Waals surface area contributed by atoms with Crippen LogP contribution in [0.5, 0.6) is 11.5 Å². The number of likely N-dealkylation sites (tertiary alicyclic amines) is 1. The fourth-order valence-corrected chi connectivity index (χ4v) is 5.89. The molecule has 36 heavy (non-hydrogen) atoms. The molecule has 0 aromatic heterocycles. The average molecular weight is 513 g/mol. The van der Waals surface area contributed by atoms with Crippen molar-refractivity contribution in [1.82, 2.24) is 10.2 Å². The topological polar surface area (TPSA) is 140 Å². The molecule has 2 aromatic carbocycles. The monoisotopic (exact) mass is 512 g/mol. The van der Waals surface area contributed by atoms with Crippen molar-refractivity contribution in [3.05, 3.63) is 52.5 Å². The molecule has 0 unspecified atom stereocenters. The molecule has 1 spiro atoms. The molecule has 2 aromatic rings. The van der Waals surface area contributed by atoms with Crippen molar-refractivity contribution in [1.29, 1.82) is 0 Å². The summed E-state index contributed by atoms with van der Waals surface area (Å²) in [5, 5.41) is 6.32. The predicted molar refractivity (Wildman–Crippen MR) is 129 cm³/mol. The second kappa shape index (κ2) is 8.79. The zero-order valence-corrected chi connectivity index (χ0v) is 20.4. The largest absolute Gasteiger partial charge is 0.493 e. The lowest BCUT2D eigenvalue weighted by atomic mass is 9.76. The number of hydrogen-bond acceptors (Lipinski definition) is 7. The maximum Gasteiger partial charge on any atom is 0.250 e. The lowest BCUT2D eigenvalue weighted by Crippen LogP contribution is -2.53. The third-order valence-corrected chi connectivity index (χ3v) is 7.50. The zero-order chi connectivity index (χ0) is 25.8. The molecule has 0 bridgehead atoms. The lowest BCUT2D eigenvalue weighted by molar-refractivity contribution is -0.142. The van der Waals surface area contributed by atoms with E-state index in [-0.39, 0.29) is 13.0 Å². The van der Waals surface area contributed by atoms with E-state index in [2.05, 4.69) is 10.6 Å². The molecule has 0 radical (unpaired) electrons. The number of nitrogens with two attached hydrogens (primary N) is 1. The zero-order valence-electron chi connectivity index (χ0n) is 19.7. The Morgan fingerprint density at radius 1 is 1.08 bits per heavy atom. The number of benzene rings is 2. The first-order chi connectivity index (χ1) is 17.2. The van der Waals surface area contributed by atoms with E-state index in [0.717, 1.165) is 5.56 Å². The minimum absolute atomic E-state index is 0.101. The molecule has 2 fully saturated rings. The van der Waals surface area contributed by atoms with Crippen LogP contribution in [0.15, 0.2) is 36.4 Å². The van der Waals surface area contributed by atoms with Gasteiger partial charge < -0.3 is 20.5 Å². The molecule has 11 heteroatoms. The number of primary amides is 1. The van der Waals surface area contributed by atoms with Crippen LogP contribution in [0.1, 0.15) is 17.5 Å². The highest BCUT2D eigenvalue weighted by Gasteiger charge is 2.70. The Morgan fingerprint density at radius 3 is 2.53 bits per heavy atom. The summed E-state index contributed by atoms with van der Waals surface area (Å²) >= 11 is 6.23. The fourth-order valence-electron chi connectivity index (χ4n) is 5.72. The Balaban J connectivity index is 1.49. The highest BCUT2D eigenvalue weighted by atomic mass is 35.5. The maximum absolute atomic E-state index is 13.8. The van der Waals surface area contributed by atoms with E-state index in [0.29, 0.717) is 34.2 Å². The first kappa shape index (κ1) is 24.1. The summed E-state index contributed by atoms with van der Waals surface area (Å²) in [5.41, 5.74) is 5.74. The number of fused-ring (bicyclic) bond motifs is 4. The van der Waals surface area contributed by atoms with Crippen LogP contribution in [0.2, 0.25) is 5.02 Å². The van der Waals surface area contributed by atoms with Gasteiger partial charge in [-0.15, -0.1) is 0 Å². The second-order valence-corrected chi connectivity index (χ2v) is 9.58. The number of methoxy groups -OCH3 is 2. The van der Waals surface area contributed by atoms with Gasteiger partial charge in [0.05, 0.1) is 26.1 Å². The number of amides is 4. The number of imide groups is 1. The van der Waals surface area contributed by atoms with E-state index in [4.69, 9.17) is 26.8 Å². The minimum atomic E-state index is -1.53. The highest BCUT2D eigenvalue weighted by molar-refractivity contribution is 6.31. The Labute approximate surface area is 212 Å². The standard InChI is InChI=1S/C25H25ClN4O6/c1-35-17-6-3-12(9-18(17)36-2)7-8-30-22(32)20-16(11-19(27)31)29-25(21(20)23(30)33)14-10-13(26)4-5-15(14)28-24(25)34/h3-6,9-10,16,20-21,29H,7-8,11H2,1-2H3,(H2,27,31)(H,28,34)/t16-,20+,21-,25-/m0/s1. The van der Waals surface area contributed by atoms with Crippen molar-refractivity contribution in [2.24, 2.45) is 17.6 Å². The Bertz CT molecular complexity index is 1300. The smallest absolute Gasteiger partial charge is 0.250 e. The number of carbonyl (C=O) groups excluding carboxylic acids is 4. The van der Waals surface area contributed by atoms with Gasteiger partial charge in [-0.1, -0.05) is 17.7 Å². The van der Waals surface area contributed by atoms with Crippen molar-refractivity contribution in [3.8, 4) is 11.5 Å². The van der Waals surface area contributed by atoms with Gasteiger partial charge in [-0.3, -0.25) is 29.4 Å². The van der Waals surface area contributed by atoms with Crippen molar-refractivity contribution in [3.63, 3.8) is 0 Å². The second-order valence-electron chi connectivity index (χ2n) is 9.14. The SMILES string of the molecule is COc1ccc(CCN2C(=O)[C@@H]3[C@H](CC(N)=O)N[C@]4(C(=O)Nc5ccc(Cl)cc54)[C@@H]3C2=O)cc1OC. The summed E-state index contributed by atoms with van der Waals surface area (Å²) in [5.74, 6) is -2.90. The van der Waals surface area contributed by atoms with Gasteiger partial charge >= 0.3 is 0 Å². The van der Waals surface area contributed by atoms with Gasteiger partial charge in [0, 0.05) is 35.3 Å². The third kappa shape index (κ3) is 3.51. The van der Waals surface area contributed by atoms with Crippen LogP contribution < -0.4 is 25.8 Å². The number of nitrogens with one attached hydrogen (secondary N) is 2. The quantitative estimate of drug-likeness (QED) is 0.473. The van der Waals surface area contributed by atoms with Crippen molar-refractivity contribution in [2.45, 2.75) is 24.4 Å².